The third kappa shape index (κ3) is 5.74. The molecule has 0 radical (unpaired) electrons. The van der Waals surface area contributed by atoms with E-state index in [1.54, 1.807) is 35.6 Å². The van der Waals surface area contributed by atoms with Gasteiger partial charge in [-0.05, 0) is 35.7 Å². The molecule has 0 saturated carbocycles. The number of nitrogens with zero attached hydrogens (tertiary/aromatic N) is 1. The smallest absolute Gasteiger partial charge is 0.307 e. The highest BCUT2D eigenvalue weighted by atomic mass is 32.1. The molecular weight excluding hydrogens is 420 g/mol. The fourth-order valence-corrected chi connectivity index (χ4v) is 4.11. The summed E-state index contributed by atoms with van der Waals surface area (Å²) in [5, 5.41) is 15.3. The lowest BCUT2D eigenvalue weighted by Crippen LogP contribution is -2.06. The van der Waals surface area contributed by atoms with Gasteiger partial charge in [0.05, 0.1) is 18.2 Å². The molecule has 0 aliphatic heterocycles. The van der Waals surface area contributed by atoms with E-state index in [-0.39, 0.29) is 12.5 Å². The summed E-state index contributed by atoms with van der Waals surface area (Å²) >= 11 is 1.61. The number of carbonyl (C=O) groups is 1. The maximum absolute atomic E-state index is 10.8. The zero-order valence-electron chi connectivity index (χ0n) is 17.7. The second-order valence-corrected chi connectivity index (χ2v) is 8.37. The third-order valence-electron chi connectivity index (χ3n) is 5.08. The number of hydrogen-bond acceptors (Lipinski definition) is 5. The van der Waals surface area contributed by atoms with E-state index in [1.807, 2.05) is 18.2 Å². The Morgan fingerprint density at radius 1 is 1.00 bits per heavy atom. The van der Waals surface area contributed by atoms with Gasteiger partial charge in [0.1, 0.15) is 12.4 Å². The van der Waals surface area contributed by atoms with Crippen LogP contribution in [0.4, 0.5) is 5.13 Å². The largest absolute Gasteiger partial charge is 0.489 e. The zero-order chi connectivity index (χ0) is 22.3. The van der Waals surface area contributed by atoms with Crippen molar-refractivity contribution in [3.63, 3.8) is 0 Å². The fourth-order valence-electron chi connectivity index (χ4n) is 3.30. The number of carboxylic acid groups (broad SMARTS) is 1. The van der Waals surface area contributed by atoms with E-state index in [9.17, 15) is 4.79 Å². The summed E-state index contributed by atoms with van der Waals surface area (Å²) in [4.78, 5) is 15.5. The molecule has 0 aliphatic carbocycles. The van der Waals surface area contributed by atoms with Crippen molar-refractivity contribution in [2.75, 3.05) is 5.32 Å². The van der Waals surface area contributed by atoms with Crippen molar-refractivity contribution < 1.29 is 14.6 Å². The standard InChI is InChI=1S/C26H24N2O3S/c1-18(27-26-28-24(17-32-26)22-5-3-2-4-6-22)21-11-7-20(8-12-21)16-31-23-13-9-19(10-14-23)15-25(29)30/h2-14,17-18H,15-16H2,1H3,(H,27,28)(H,29,30). The van der Waals surface area contributed by atoms with Crippen LogP contribution >= 0.6 is 11.3 Å². The van der Waals surface area contributed by atoms with E-state index >= 15 is 0 Å². The number of ether oxygens (including phenoxy) is 1. The molecule has 1 aromatic heterocycles. The van der Waals surface area contributed by atoms with Gasteiger partial charge < -0.3 is 15.2 Å². The van der Waals surface area contributed by atoms with Crippen molar-refractivity contribution in [1.82, 2.24) is 4.98 Å². The predicted octanol–water partition coefficient (Wildman–Crippen LogP) is 6.19. The monoisotopic (exact) mass is 444 g/mol. The number of hydrogen-bond donors (Lipinski definition) is 2. The van der Waals surface area contributed by atoms with Crippen molar-refractivity contribution in [2.45, 2.75) is 26.0 Å². The first-order valence-electron chi connectivity index (χ1n) is 10.4. The first-order valence-corrected chi connectivity index (χ1v) is 11.2. The molecule has 3 aromatic carbocycles. The lowest BCUT2D eigenvalue weighted by Gasteiger charge is -2.14. The first kappa shape index (κ1) is 21.6. The highest BCUT2D eigenvalue weighted by Crippen LogP contribution is 2.27. The average molecular weight is 445 g/mol. The quantitative estimate of drug-likeness (QED) is 0.322. The van der Waals surface area contributed by atoms with Crippen LogP contribution in [-0.4, -0.2) is 16.1 Å². The van der Waals surface area contributed by atoms with Gasteiger partial charge >= 0.3 is 5.97 Å². The van der Waals surface area contributed by atoms with Gasteiger partial charge in [-0.25, -0.2) is 4.98 Å². The van der Waals surface area contributed by atoms with Crippen LogP contribution in [0.3, 0.4) is 0 Å². The molecule has 0 saturated heterocycles. The minimum Gasteiger partial charge on any atom is -0.489 e. The highest BCUT2D eigenvalue weighted by Gasteiger charge is 2.10. The molecule has 0 amide bonds. The number of rotatable bonds is 9. The lowest BCUT2D eigenvalue weighted by atomic mass is 10.1. The maximum atomic E-state index is 10.8. The van der Waals surface area contributed by atoms with E-state index in [1.165, 1.54) is 5.56 Å². The Kier molecular flexibility index (Phi) is 6.82. The van der Waals surface area contributed by atoms with Crippen LogP contribution in [0.15, 0.2) is 84.2 Å². The van der Waals surface area contributed by atoms with E-state index in [0.717, 1.165) is 33.3 Å². The Labute approximate surface area is 191 Å². The summed E-state index contributed by atoms with van der Waals surface area (Å²) in [5.74, 6) is -0.120. The zero-order valence-corrected chi connectivity index (χ0v) is 18.5. The van der Waals surface area contributed by atoms with Gasteiger partial charge in [0.2, 0.25) is 0 Å². The molecule has 6 heteroatoms. The molecule has 0 aliphatic rings. The number of nitrogens with one attached hydrogen (secondary N) is 1. The number of thiazole rings is 1. The highest BCUT2D eigenvalue weighted by molar-refractivity contribution is 7.14. The molecule has 162 valence electrons. The number of benzene rings is 3. The molecule has 0 spiro atoms. The average Bonchev–Trinajstić information content (AvgIpc) is 3.28. The Bertz CT molecular complexity index is 1160. The second kappa shape index (κ2) is 10.1. The van der Waals surface area contributed by atoms with Crippen LogP contribution in [0.2, 0.25) is 0 Å². The molecule has 4 aromatic rings. The van der Waals surface area contributed by atoms with E-state index < -0.39 is 5.97 Å². The Morgan fingerprint density at radius 3 is 2.38 bits per heavy atom. The van der Waals surface area contributed by atoms with Gasteiger partial charge in [-0.1, -0.05) is 66.7 Å². The van der Waals surface area contributed by atoms with Gasteiger partial charge in [0, 0.05) is 10.9 Å². The van der Waals surface area contributed by atoms with Gasteiger partial charge in [-0.15, -0.1) is 11.3 Å². The second-order valence-electron chi connectivity index (χ2n) is 7.51. The van der Waals surface area contributed by atoms with Gasteiger partial charge in [0.15, 0.2) is 5.13 Å². The van der Waals surface area contributed by atoms with Crippen LogP contribution in [0.1, 0.15) is 29.7 Å². The molecule has 1 atom stereocenters. The minimum absolute atomic E-state index is 0.0164. The Morgan fingerprint density at radius 2 is 1.69 bits per heavy atom. The fraction of sp³-hybridized carbons (Fsp3) is 0.154. The normalized spacial score (nSPS) is 11.7. The van der Waals surface area contributed by atoms with Crippen LogP contribution in [-0.2, 0) is 17.8 Å². The minimum atomic E-state index is -0.839. The van der Waals surface area contributed by atoms with Crippen LogP contribution in [0, 0.1) is 0 Å². The van der Waals surface area contributed by atoms with Crippen molar-refractivity contribution >= 4 is 22.4 Å². The topological polar surface area (TPSA) is 71.5 Å². The number of aromatic nitrogens is 1. The molecule has 0 bridgehead atoms. The van der Waals surface area contributed by atoms with Crippen LogP contribution in [0.5, 0.6) is 5.75 Å². The van der Waals surface area contributed by atoms with E-state index in [0.29, 0.717) is 6.61 Å². The van der Waals surface area contributed by atoms with Crippen molar-refractivity contribution in [1.29, 1.82) is 0 Å². The molecule has 4 rings (SSSR count). The summed E-state index contributed by atoms with van der Waals surface area (Å²) in [5.41, 5.74) is 5.09. The molecule has 5 nitrogen and oxygen atoms in total. The number of carboxylic acids is 1. The Balaban J connectivity index is 1.31. The summed E-state index contributed by atoms with van der Waals surface area (Å²) in [6.45, 7) is 2.57. The van der Waals surface area contributed by atoms with Crippen molar-refractivity contribution in [3.8, 4) is 17.0 Å². The summed E-state index contributed by atoms with van der Waals surface area (Å²) in [6.07, 6.45) is 0.0164. The van der Waals surface area contributed by atoms with E-state index in [2.05, 4.69) is 54.0 Å². The summed E-state index contributed by atoms with van der Waals surface area (Å²) < 4.78 is 5.82. The molecule has 1 heterocycles. The molecule has 1 unspecified atom stereocenters. The maximum Gasteiger partial charge on any atom is 0.307 e. The van der Waals surface area contributed by atoms with Crippen LogP contribution in [0.25, 0.3) is 11.3 Å². The van der Waals surface area contributed by atoms with Gasteiger partial charge in [0.25, 0.3) is 0 Å². The third-order valence-corrected chi connectivity index (χ3v) is 5.85. The number of aliphatic carboxylic acids is 1. The first-order chi connectivity index (χ1) is 15.6. The van der Waals surface area contributed by atoms with Gasteiger partial charge in [-0.2, -0.15) is 0 Å². The SMILES string of the molecule is CC(Nc1nc(-c2ccccc2)cs1)c1ccc(COc2ccc(CC(=O)O)cc2)cc1. The molecule has 2 N–H and O–H groups in total. The van der Waals surface area contributed by atoms with Gasteiger partial charge in [-0.3, -0.25) is 4.79 Å². The summed E-state index contributed by atoms with van der Waals surface area (Å²) in [6, 6.07) is 25.8. The van der Waals surface area contributed by atoms with Crippen LogP contribution < -0.4 is 10.1 Å². The Hall–Kier alpha value is -3.64. The van der Waals surface area contributed by atoms with Crippen molar-refractivity contribution in [2.24, 2.45) is 0 Å². The lowest BCUT2D eigenvalue weighted by molar-refractivity contribution is -0.136. The molecule has 0 fully saturated rings. The molecular formula is C26H24N2O3S. The number of anilines is 1. The van der Waals surface area contributed by atoms with E-state index in [4.69, 9.17) is 14.8 Å². The predicted molar refractivity (Wildman–Crippen MR) is 128 cm³/mol. The van der Waals surface area contributed by atoms with Crippen molar-refractivity contribution in [3.05, 3.63) is 101 Å². The molecule has 32 heavy (non-hydrogen) atoms. The summed E-state index contributed by atoms with van der Waals surface area (Å²) in [7, 11) is 0.